The first-order valence-corrected chi connectivity index (χ1v) is 28.7. The van der Waals surface area contributed by atoms with Gasteiger partial charge in [0.2, 0.25) is 5.79 Å². The molecule has 3 aliphatic rings. The number of unbranched alkanes of at least 4 members (excludes halogenated alkanes) is 11. The topological polar surface area (TPSA) is 119 Å². The van der Waals surface area contributed by atoms with Crippen LogP contribution in [-0.4, -0.2) is 77.0 Å². The number of ether oxygens (including phenoxy) is 4. The zero-order valence-electron chi connectivity index (χ0n) is 44.5. The first kappa shape index (κ1) is 55.9. The molecule has 7 rings (SSSR count). The molecule has 1 heterocycles. The second-order valence-corrected chi connectivity index (χ2v) is 22.2. The van der Waals surface area contributed by atoms with Crippen molar-refractivity contribution < 1.29 is 38.8 Å². The summed E-state index contributed by atoms with van der Waals surface area (Å²) in [6.07, 6.45) is 22.5. The van der Waals surface area contributed by atoms with Crippen LogP contribution < -0.4 is 9.47 Å². The maximum Gasteiger partial charge on any atom is 0.410 e. The number of rotatable bonds is 29. The molecule has 0 saturated heterocycles. The standard InChI is InChI=1S/C62H84N2O8S/c1-7-9-10-11-12-13-14-15-16-23-40-68-60(67)64(44-47-28-24-27-45-25-17-18-29-51(45)47)57-43-55(63-72-61(3,4)5)53-41-46(26-19-21-37-65)52(30-20-22-38-66)58-54-42-49(70-48-31-34-50(73-6)35-32-48)33-36-56(54)71-62(57,59(53)58)69-39-8-2/h8,17-18,24-25,27-29,31-36,41-42,46,52,57-59,65-66H,2,7,9-16,19-23,26,30,37-40,43-44H2,1,3-6H3/t46-,52+,57-,58+,59+,62+/m0/s1. The molecule has 1 amide bonds. The maximum absolute atomic E-state index is 15.4. The van der Waals surface area contributed by atoms with E-state index in [-0.39, 0.29) is 50.5 Å². The lowest BCUT2D eigenvalue weighted by molar-refractivity contribution is -0.256. The lowest BCUT2D eigenvalue weighted by atomic mass is 9.55. The summed E-state index contributed by atoms with van der Waals surface area (Å²) in [4.78, 5) is 24.8. The van der Waals surface area contributed by atoms with Crippen LogP contribution in [0.1, 0.15) is 154 Å². The molecule has 396 valence electrons. The average molecular weight is 1020 g/mol. The summed E-state index contributed by atoms with van der Waals surface area (Å²) in [6.45, 7) is 13.3. The van der Waals surface area contributed by atoms with Gasteiger partial charge in [-0.15, -0.1) is 18.3 Å². The second kappa shape index (κ2) is 27.6. The third kappa shape index (κ3) is 14.5. The number of aliphatic hydroxyl groups excluding tert-OH is 2. The fourth-order valence-electron chi connectivity index (χ4n) is 11.4. The number of amides is 1. The SMILES string of the molecule is C=CCO[C@@]12Oc3ccc(Oc4ccc(SC)cc4)cc3[C@H]3[C@H](CCCCO)[C@@H](CCCCO)C=C(C(=NOC(C)(C)C)C[C@@H]1N(Cc1cccc4ccccc14)C(=O)OCCCCCCCCCCCC)[C@H]32. The fourth-order valence-corrected chi connectivity index (χ4v) is 11.8. The van der Waals surface area contributed by atoms with E-state index >= 15 is 4.79 Å². The molecule has 0 radical (unpaired) electrons. The molecular weight excluding hydrogens is 933 g/mol. The van der Waals surface area contributed by atoms with Crippen LogP contribution in [0.2, 0.25) is 0 Å². The number of thioether (sulfide) groups is 1. The lowest BCUT2D eigenvalue weighted by Gasteiger charge is -2.60. The van der Waals surface area contributed by atoms with Crippen LogP contribution >= 0.6 is 11.8 Å². The highest BCUT2D eigenvalue weighted by atomic mass is 32.2. The van der Waals surface area contributed by atoms with Crippen LogP contribution in [0.25, 0.3) is 10.8 Å². The Morgan fingerprint density at radius 1 is 0.849 bits per heavy atom. The summed E-state index contributed by atoms with van der Waals surface area (Å²) < 4.78 is 27.9. The summed E-state index contributed by atoms with van der Waals surface area (Å²) in [5.74, 6) is 0.0966. The molecule has 0 bridgehead atoms. The van der Waals surface area contributed by atoms with Crippen molar-refractivity contribution in [2.75, 3.05) is 32.7 Å². The van der Waals surface area contributed by atoms with Gasteiger partial charge in [-0.25, -0.2) is 4.79 Å². The maximum atomic E-state index is 15.4. The summed E-state index contributed by atoms with van der Waals surface area (Å²) in [7, 11) is 0. The Balaban J connectivity index is 1.36. The zero-order valence-corrected chi connectivity index (χ0v) is 45.4. The number of allylic oxidation sites excluding steroid dienone is 1. The third-order valence-corrected chi connectivity index (χ3v) is 15.7. The van der Waals surface area contributed by atoms with Gasteiger partial charge in [-0.3, -0.25) is 4.90 Å². The van der Waals surface area contributed by atoms with Crippen molar-refractivity contribution in [1.29, 1.82) is 0 Å². The highest BCUT2D eigenvalue weighted by Gasteiger charge is 2.66. The van der Waals surface area contributed by atoms with Gasteiger partial charge in [0, 0.05) is 36.0 Å². The van der Waals surface area contributed by atoms with Crippen LogP contribution in [-0.2, 0) is 20.9 Å². The average Bonchev–Trinajstić information content (AvgIpc) is 3.39. The molecule has 10 nitrogen and oxygen atoms in total. The van der Waals surface area contributed by atoms with Crippen molar-refractivity contribution in [3.05, 3.63) is 120 Å². The summed E-state index contributed by atoms with van der Waals surface area (Å²) >= 11 is 1.69. The van der Waals surface area contributed by atoms with Gasteiger partial charge in [0.15, 0.2) is 0 Å². The molecule has 4 aromatic carbocycles. The summed E-state index contributed by atoms with van der Waals surface area (Å²) in [6, 6.07) is 28.0. The predicted octanol–water partition coefficient (Wildman–Crippen LogP) is 15.3. The number of hydrogen-bond acceptors (Lipinski definition) is 10. The monoisotopic (exact) mass is 1020 g/mol. The van der Waals surface area contributed by atoms with E-state index in [1.165, 1.54) is 44.9 Å². The van der Waals surface area contributed by atoms with Crippen molar-refractivity contribution in [2.45, 2.75) is 172 Å². The molecule has 73 heavy (non-hydrogen) atoms. The minimum absolute atomic E-state index is 0.0582. The first-order chi connectivity index (χ1) is 35.5. The van der Waals surface area contributed by atoms with Crippen LogP contribution in [0, 0.1) is 17.8 Å². The van der Waals surface area contributed by atoms with Crippen molar-refractivity contribution in [1.82, 2.24) is 4.90 Å². The van der Waals surface area contributed by atoms with E-state index in [1.807, 2.05) is 62.1 Å². The number of benzene rings is 4. The van der Waals surface area contributed by atoms with Gasteiger partial charge in [-0.05, 0) is 135 Å². The Kier molecular flexibility index (Phi) is 21.2. The molecule has 0 spiro atoms. The fraction of sp³-hybridized carbons (Fsp3) is 0.548. The van der Waals surface area contributed by atoms with E-state index in [2.05, 4.69) is 74.4 Å². The van der Waals surface area contributed by atoms with E-state index in [9.17, 15) is 10.2 Å². The third-order valence-electron chi connectivity index (χ3n) is 14.9. The summed E-state index contributed by atoms with van der Waals surface area (Å²) in [5.41, 5.74) is 3.09. The van der Waals surface area contributed by atoms with Crippen molar-refractivity contribution in [3.8, 4) is 17.2 Å². The van der Waals surface area contributed by atoms with Crippen LogP contribution in [0.3, 0.4) is 0 Å². The zero-order chi connectivity index (χ0) is 51.6. The molecular formula is C62H84N2O8S. The van der Waals surface area contributed by atoms with E-state index in [1.54, 1.807) is 17.8 Å². The van der Waals surface area contributed by atoms with E-state index in [0.29, 0.717) is 30.9 Å². The van der Waals surface area contributed by atoms with Crippen LogP contribution in [0.15, 0.2) is 119 Å². The molecule has 0 aromatic heterocycles. The Morgan fingerprint density at radius 2 is 1.53 bits per heavy atom. The highest BCUT2D eigenvalue weighted by Crippen LogP contribution is 2.62. The van der Waals surface area contributed by atoms with Crippen molar-refractivity contribution in [2.24, 2.45) is 22.9 Å². The Labute approximate surface area is 440 Å². The number of carbonyl (C=O) groups excluding carboxylic acids is 1. The number of nitrogens with zero attached hydrogens (tertiary/aromatic N) is 2. The number of hydrogen-bond donors (Lipinski definition) is 2. The van der Waals surface area contributed by atoms with Gasteiger partial charge in [0.25, 0.3) is 0 Å². The van der Waals surface area contributed by atoms with E-state index in [4.69, 9.17) is 28.9 Å². The van der Waals surface area contributed by atoms with Gasteiger partial charge in [0.1, 0.15) is 28.9 Å². The number of aliphatic hydroxyl groups is 2. The first-order valence-electron chi connectivity index (χ1n) is 27.5. The minimum Gasteiger partial charge on any atom is -0.459 e. The highest BCUT2D eigenvalue weighted by molar-refractivity contribution is 7.98. The van der Waals surface area contributed by atoms with Gasteiger partial charge in [-0.2, -0.15) is 0 Å². The summed E-state index contributed by atoms with van der Waals surface area (Å²) in [5, 5.41) is 27.4. The molecule has 4 aromatic rings. The number of oxime groups is 1. The Bertz CT molecular complexity index is 2430. The predicted molar refractivity (Wildman–Crippen MR) is 297 cm³/mol. The Hall–Kier alpha value is -4.81. The van der Waals surface area contributed by atoms with E-state index in [0.717, 1.165) is 88.8 Å². The molecule has 2 aliphatic carbocycles. The molecule has 2 N–H and O–H groups in total. The molecule has 6 atom stereocenters. The largest absolute Gasteiger partial charge is 0.459 e. The van der Waals surface area contributed by atoms with Crippen molar-refractivity contribution in [3.63, 3.8) is 0 Å². The lowest BCUT2D eigenvalue weighted by Crippen LogP contribution is -2.70. The molecule has 1 fully saturated rings. The molecule has 1 aliphatic heterocycles. The molecule has 0 unspecified atom stereocenters. The molecule has 1 saturated carbocycles. The van der Waals surface area contributed by atoms with Crippen molar-refractivity contribution >= 4 is 34.3 Å². The molecule has 11 heteroatoms. The normalized spacial score (nSPS) is 21.7. The smallest absolute Gasteiger partial charge is 0.410 e. The Morgan fingerprint density at radius 3 is 2.23 bits per heavy atom. The quantitative estimate of drug-likeness (QED) is 0.0237. The van der Waals surface area contributed by atoms with E-state index < -0.39 is 29.4 Å². The van der Waals surface area contributed by atoms with Gasteiger partial charge < -0.3 is 34.0 Å². The number of carbonyl (C=O) groups is 1. The number of fused-ring (bicyclic) bond motifs is 3. The van der Waals surface area contributed by atoms with Gasteiger partial charge in [0.05, 0.1) is 31.4 Å². The second-order valence-electron chi connectivity index (χ2n) is 21.3. The van der Waals surface area contributed by atoms with Crippen LogP contribution in [0.4, 0.5) is 4.79 Å². The van der Waals surface area contributed by atoms with Gasteiger partial charge in [-0.1, -0.05) is 137 Å². The van der Waals surface area contributed by atoms with Crippen LogP contribution in [0.5, 0.6) is 17.2 Å². The van der Waals surface area contributed by atoms with Gasteiger partial charge >= 0.3 is 6.09 Å². The minimum atomic E-state index is -1.44.